The molecule has 0 aliphatic carbocycles. The van der Waals surface area contributed by atoms with E-state index in [1.54, 1.807) is 19.9 Å². The molecule has 2 N–H and O–H groups in total. The SMILES string of the molecule is CCCCCNC(=O)C(C)Oc1ccc([C@H](C)O)cc1F. The first-order valence-electron chi connectivity index (χ1n) is 7.37. The van der Waals surface area contributed by atoms with Crippen LogP contribution in [0, 0.1) is 5.82 Å². The smallest absolute Gasteiger partial charge is 0.260 e. The fourth-order valence-corrected chi connectivity index (χ4v) is 1.85. The highest BCUT2D eigenvalue weighted by atomic mass is 19.1. The summed E-state index contributed by atoms with van der Waals surface area (Å²) in [5.41, 5.74) is 0.469. The maximum Gasteiger partial charge on any atom is 0.260 e. The van der Waals surface area contributed by atoms with Crippen LogP contribution in [0.2, 0.25) is 0 Å². The zero-order valence-electron chi connectivity index (χ0n) is 12.9. The minimum Gasteiger partial charge on any atom is -0.478 e. The van der Waals surface area contributed by atoms with Crippen molar-refractivity contribution < 1.29 is 19.0 Å². The highest BCUT2D eigenvalue weighted by Gasteiger charge is 2.16. The standard InChI is InChI=1S/C16H24FNO3/c1-4-5-6-9-18-16(20)12(3)21-15-8-7-13(11(2)19)10-14(15)17/h7-8,10-12,19H,4-6,9H2,1-3H3,(H,18,20)/t11-,12?/m0/s1. The highest BCUT2D eigenvalue weighted by Crippen LogP contribution is 2.22. The second-order valence-corrected chi connectivity index (χ2v) is 5.12. The van der Waals surface area contributed by atoms with Gasteiger partial charge in [-0.15, -0.1) is 0 Å². The number of nitrogens with one attached hydrogen (secondary N) is 1. The van der Waals surface area contributed by atoms with E-state index in [0.717, 1.165) is 19.3 Å². The van der Waals surface area contributed by atoms with Gasteiger partial charge in [-0.2, -0.15) is 0 Å². The first-order chi connectivity index (χ1) is 9.95. The van der Waals surface area contributed by atoms with Crippen molar-refractivity contribution in [2.24, 2.45) is 0 Å². The number of aliphatic hydroxyl groups is 1. The molecule has 0 aliphatic heterocycles. The van der Waals surface area contributed by atoms with Gasteiger partial charge in [-0.25, -0.2) is 4.39 Å². The number of hydrogen-bond donors (Lipinski definition) is 2. The van der Waals surface area contributed by atoms with Crippen LogP contribution < -0.4 is 10.1 Å². The van der Waals surface area contributed by atoms with E-state index in [2.05, 4.69) is 12.2 Å². The van der Waals surface area contributed by atoms with Crippen molar-refractivity contribution in [3.8, 4) is 5.75 Å². The number of amides is 1. The summed E-state index contributed by atoms with van der Waals surface area (Å²) in [4.78, 5) is 11.8. The molecule has 1 unspecified atom stereocenters. The van der Waals surface area contributed by atoms with Gasteiger partial charge in [-0.3, -0.25) is 4.79 Å². The van der Waals surface area contributed by atoms with Gasteiger partial charge >= 0.3 is 0 Å². The van der Waals surface area contributed by atoms with Crippen LogP contribution in [0.5, 0.6) is 5.75 Å². The highest BCUT2D eigenvalue weighted by molar-refractivity contribution is 5.80. The number of carbonyl (C=O) groups is 1. The van der Waals surface area contributed by atoms with Crippen molar-refractivity contribution in [1.82, 2.24) is 5.32 Å². The largest absolute Gasteiger partial charge is 0.478 e. The monoisotopic (exact) mass is 297 g/mol. The predicted molar refractivity (Wildman–Crippen MR) is 79.7 cm³/mol. The maximum atomic E-state index is 13.8. The van der Waals surface area contributed by atoms with Crippen LogP contribution in [0.1, 0.15) is 51.7 Å². The van der Waals surface area contributed by atoms with E-state index in [1.807, 2.05) is 0 Å². The lowest BCUT2D eigenvalue weighted by Crippen LogP contribution is -2.37. The summed E-state index contributed by atoms with van der Waals surface area (Å²) < 4.78 is 19.1. The molecule has 0 radical (unpaired) electrons. The number of halogens is 1. The van der Waals surface area contributed by atoms with E-state index < -0.39 is 18.0 Å². The Morgan fingerprint density at radius 1 is 1.38 bits per heavy atom. The minimum atomic E-state index is -0.765. The quantitative estimate of drug-likeness (QED) is 0.725. The normalized spacial score (nSPS) is 13.6. The van der Waals surface area contributed by atoms with Crippen molar-refractivity contribution >= 4 is 5.91 Å². The number of hydrogen-bond acceptors (Lipinski definition) is 3. The molecule has 1 aromatic carbocycles. The third-order valence-corrected chi connectivity index (χ3v) is 3.19. The van der Waals surface area contributed by atoms with Crippen LogP contribution in [0.15, 0.2) is 18.2 Å². The summed E-state index contributed by atoms with van der Waals surface area (Å²) in [7, 11) is 0. The molecular formula is C16H24FNO3. The molecule has 0 spiro atoms. The van der Waals surface area contributed by atoms with Crippen molar-refractivity contribution in [2.75, 3.05) is 6.54 Å². The number of aliphatic hydroxyl groups excluding tert-OH is 1. The molecular weight excluding hydrogens is 273 g/mol. The maximum absolute atomic E-state index is 13.8. The van der Waals surface area contributed by atoms with Crippen LogP contribution in [0.25, 0.3) is 0 Å². The molecule has 21 heavy (non-hydrogen) atoms. The summed E-state index contributed by atoms with van der Waals surface area (Å²) in [5, 5.41) is 12.1. The molecule has 118 valence electrons. The first kappa shape index (κ1) is 17.4. The molecule has 2 atom stereocenters. The average Bonchev–Trinajstić information content (AvgIpc) is 2.45. The summed E-state index contributed by atoms with van der Waals surface area (Å²) in [6.07, 6.45) is 1.56. The van der Waals surface area contributed by atoms with Gasteiger partial charge < -0.3 is 15.2 Å². The third kappa shape index (κ3) is 5.71. The lowest BCUT2D eigenvalue weighted by atomic mass is 10.1. The van der Waals surface area contributed by atoms with Crippen molar-refractivity contribution in [3.05, 3.63) is 29.6 Å². The van der Waals surface area contributed by atoms with Crippen molar-refractivity contribution in [1.29, 1.82) is 0 Å². The molecule has 0 heterocycles. The van der Waals surface area contributed by atoms with E-state index >= 15 is 0 Å². The van der Waals surface area contributed by atoms with Crippen LogP contribution in [0.4, 0.5) is 4.39 Å². The second kappa shape index (κ2) is 8.62. The second-order valence-electron chi connectivity index (χ2n) is 5.12. The van der Waals surface area contributed by atoms with E-state index in [9.17, 15) is 14.3 Å². The van der Waals surface area contributed by atoms with Crippen LogP contribution in [-0.4, -0.2) is 23.7 Å². The zero-order chi connectivity index (χ0) is 15.8. The van der Waals surface area contributed by atoms with E-state index in [1.165, 1.54) is 12.1 Å². The van der Waals surface area contributed by atoms with Crippen LogP contribution in [0.3, 0.4) is 0 Å². The van der Waals surface area contributed by atoms with E-state index in [0.29, 0.717) is 12.1 Å². The Bertz CT molecular complexity index is 463. The van der Waals surface area contributed by atoms with E-state index in [4.69, 9.17) is 4.74 Å². The summed E-state index contributed by atoms with van der Waals surface area (Å²) in [6.45, 7) is 5.83. The van der Waals surface area contributed by atoms with Gasteiger partial charge in [0.25, 0.3) is 5.91 Å². The average molecular weight is 297 g/mol. The minimum absolute atomic E-state index is 0.00982. The molecule has 0 saturated carbocycles. The Morgan fingerprint density at radius 3 is 2.67 bits per heavy atom. The van der Waals surface area contributed by atoms with Gasteiger partial charge in [-0.1, -0.05) is 25.8 Å². The zero-order valence-corrected chi connectivity index (χ0v) is 12.9. The summed E-state index contributed by atoms with van der Waals surface area (Å²) in [5.74, 6) is -0.834. The molecule has 4 nitrogen and oxygen atoms in total. The lowest BCUT2D eigenvalue weighted by molar-refractivity contribution is -0.127. The van der Waals surface area contributed by atoms with Crippen molar-refractivity contribution in [3.63, 3.8) is 0 Å². The van der Waals surface area contributed by atoms with Crippen LogP contribution >= 0.6 is 0 Å². The number of unbranched alkanes of at least 4 members (excludes halogenated alkanes) is 2. The predicted octanol–water partition coefficient (Wildman–Crippen LogP) is 2.95. The Morgan fingerprint density at radius 2 is 2.10 bits per heavy atom. The van der Waals surface area contributed by atoms with Gasteiger partial charge in [-0.05, 0) is 38.0 Å². The molecule has 1 amide bonds. The van der Waals surface area contributed by atoms with Gasteiger partial charge in [0.1, 0.15) is 0 Å². The van der Waals surface area contributed by atoms with Gasteiger partial charge in [0.15, 0.2) is 17.7 Å². The number of benzene rings is 1. The number of rotatable bonds is 8. The molecule has 0 fully saturated rings. The summed E-state index contributed by atoms with van der Waals surface area (Å²) in [6, 6.07) is 4.22. The Balaban J connectivity index is 2.54. The molecule has 0 saturated heterocycles. The Kier molecular flexibility index (Phi) is 7.15. The fourth-order valence-electron chi connectivity index (χ4n) is 1.85. The first-order valence-corrected chi connectivity index (χ1v) is 7.37. The molecule has 0 aromatic heterocycles. The Labute approximate surface area is 125 Å². The number of ether oxygens (including phenoxy) is 1. The van der Waals surface area contributed by atoms with Gasteiger partial charge in [0.05, 0.1) is 6.10 Å². The number of carbonyl (C=O) groups excluding carboxylic acids is 1. The van der Waals surface area contributed by atoms with Crippen molar-refractivity contribution in [2.45, 2.75) is 52.2 Å². The molecule has 1 aromatic rings. The molecule has 0 aliphatic rings. The molecule has 5 heteroatoms. The molecule has 0 bridgehead atoms. The van der Waals surface area contributed by atoms with Gasteiger partial charge in [0.2, 0.25) is 0 Å². The van der Waals surface area contributed by atoms with E-state index in [-0.39, 0.29) is 11.7 Å². The topological polar surface area (TPSA) is 58.6 Å². The van der Waals surface area contributed by atoms with Gasteiger partial charge in [0, 0.05) is 6.54 Å². The Hall–Kier alpha value is -1.62. The third-order valence-electron chi connectivity index (χ3n) is 3.19. The summed E-state index contributed by atoms with van der Waals surface area (Å²) >= 11 is 0. The lowest BCUT2D eigenvalue weighted by Gasteiger charge is -2.16. The van der Waals surface area contributed by atoms with Crippen LogP contribution in [-0.2, 0) is 4.79 Å². The fraction of sp³-hybridized carbons (Fsp3) is 0.562. The molecule has 1 rings (SSSR count).